The van der Waals surface area contributed by atoms with Crippen molar-refractivity contribution in [1.82, 2.24) is 4.98 Å². The molecule has 1 heterocycles. The molecule has 2 aromatic rings. The molecule has 0 atom stereocenters. The summed E-state index contributed by atoms with van der Waals surface area (Å²) in [4.78, 5) is 4.35. The van der Waals surface area contributed by atoms with Gasteiger partial charge in [0.05, 0.1) is 11.6 Å². The summed E-state index contributed by atoms with van der Waals surface area (Å²) in [6.45, 7) is 0. The predicted molar refractivity (Wildman–Crippen MR) is 69.2 cm³/mol. The Morgan fingerprint density at radius 3 is 2.45 bits per heavy atom. The first-order valence-electron chi connectivity index (χ1n) is 6.67. The Bertz CT molecular complexity index is 612. The van der Waals surface area contributed by atoms with Gasteiger partial charge in [-0.3, -0.25) is 0 Å². The van der Waals surface area contributed by atoms with Crippen LogP contribution in [0.3, 0.4) is 0 Å². The van der Waals surface area contributed by atoms with Crippen LogP contribution in [0.15, 0.2) is 22.6 Å². The monoisotopic (exact) mass is 284 g/mol. The fourth-order valence-corrected chi connectivity index (χ4v) is 2.83. The Balaban J connectivity index is 1.78. The Morgan fingerprint density at radius 1 is 1.15 bits per heavy atom. The second-order valence-corrected chi connectivity index (χ2v) is 5.34. The Kier molecular flexibility index (Phi) is 3.11. The van der Waals surface area contributed by atoms with Crippen LogP contribution in [-0.4, -0.2) is 11.2 Å². The van der Waals surface area contributed by atoms with Crippen LogP contribution in [0.1, 0.15) is 37.5 Å². The lowest BCUT2D eigenvalue weighted by Crippen LogP contribution is -2.27. The number of oxazole rings is 1. The molecule has 3 rings (SSSR count). The molecule has 1 fully saturated rings. The molecular weight excluding hydrogens is 269 g/mol. The number of benzene rings is 1. The summed E-state index contributed by atoms with van der Waals surface area (Å²) in [5.41, 5.74) is 7.53. The summed E-state index contributed by atoms with van der Waals surface area (Å²) in [7, 11) is 0. The molecule has 108 valence electrons. The third kappa shape index (κ3) is 2.34. The number of hydrogen-bond donors (Lipinski definition) is 1. The number of anilines is 1. The molecule has 1 aromatic heterocycles. The number of fused-ring (bicyclic) bond motifs is 1. The Morgan fingerprint density at radius 2 is 1.85 bits per heavy atom. The van der Waals surface area contributed by atoms with E-state index in [1.165, 1.54) is 0 Å². The van der Waals surface area contributed by atoms with Crippen molar-refractivity contribution in [1.29, 1.82) is 0 Å². The maximum atomic E-state index is 12.6. The van der Waals surface area contributed by atoms with Crippen molar-refractivity contribution in [3.63, 3.8) is 0 Å². The lowest BCUT2D eigenvalue weighted by molar-refractivity contribution is -0.182. The molecule has 0 saturated heterocycles. The van der Waals surface area contributed by atoms with Crippen molar-refractivity contribution in [3.8, 4) is 0 Å². The van der Waals surface area contributed by atoms with E-state index in [9.17, 15) is 13.2 Å². The molecule has 0 unspecified atom stereocenters. The third-order valence-electron chi connectivity index (χ3n) is 4.01. The van der Waals surface area contributed by atoms with Crippen LogP contribution in [0.5, 0.6) is 0 Å². The molecule has 0 aliphatic heterocycles. The van der Waals surface area contributed by atoms with Crippen molar-refractivity contribution in [2.45, 2.75) is 37.8 Å². The molecule has 1 aliphatic carbocycles. The van der Waals surface area contributed by atoms with E-state index in [2.05, 4.69) is 4.98 Å². The topological polar surface area (TPSA) is 52.0 Å². The van der Waals surface area contributed by atoms with E-state index in [1.807, 2.05) is 0 Å². The maximum Gasteiger partial charge on any atom is 0.391 e. The van der Waals surface area contributed by atoms with Crippen molar-refractivity contribution >= 4 is 16.8 Å². The number of nitrogens with two attached hydrogens (primary N) is 1. The quantitative estimate of drug-likeness (QED) is 0.797. The summed E-state index contributed by atoms with van der Waals surface area (Å²) < 4.78 is 43.5. The minimum absolute atomic E-state index is 0.0413. The predicted octanol–water partition coefficient (Wildman–Crippen LogP) is 4.25. The first-order chi connectivity index (χ1) is 9.45. The van der Waals surface area contributed by atoms with Gasteiger partial charge in [0.15, 0.2) is 11.5 Å². The zero-order chi connectivity index (χ0) is 14.3. The lowest BCUT2D eigenvalue weighted by Gasteiger charge is -2.28. The number of nitrogen functional groups attached to an aromatic ring is 1. The summed E-state index contributed by atoms with van der Waals surface area (Å²) in [5, 5.41) is 0. The first-order valence-corrected chi connectivity index (χ1v) is 6.67. The molecule has 1 aromatic carbocycles. The lowest BCUT2D eigenvalue weighted by atomic mass is 9.81. The van der Waals surface area contributed by atoms with E-state index in [4.69, 9.17) is 10.2 Å². The van der Waals surface area contributed by atoms with Crippen LogP contribution < -0.4 is 5.73 Å². The van der Waals surface area contributed by atoms with Crippen LogP contribution in [0.2, 0.25) is 0 Å². The van der Waals surface area contributed by atoms with Gasteiger partial charge in [0.25, 0.3) is 0 Å². The van der Waals surface area contributed by atoms with Gasteiger partial charge < -0.3 is 10.2 Å². The highest BCUT2D eigenvalue weighted by molar-refractivity contribution is 5.85. The molecule has 0 radical (unpaired) electrons. The molecule has 1 aliphatic rings. The van der Waals surface area contributed by atoms with Crippen LogP contribution in [-0.2, 0) is 0 Å². The second-order valence-electron chi connectivity index (χ2n) is 5.34. The summed E-state index contributed by atoms with van der Waals surface area (Å²) in [6.07, 6.45) is -2.89. The van der Waals surface area contributed by atoms with Gasteiger partial charge in [0.1, 0.15) is 5.52 Å². The molecule has 2 N–H and O–H groups in total. The minimum Gasteiger partial charge on any atom is -0.440 e. The summed E-state index contributed by atoms with van der Waals surface area (Å²) in [5.74, 6) is -0.716. The van der Waals surface area contributed by atoms with Crippen LogP contribution >= 0.6 is 0 Å². The highest BCUT2D eigenvalue weighted by Crippen LogP contribution is 2.43. The molecule has 20 heavy (non-hydrogen) atoms. The van der Waals surface area contributed by atoms with Gasteiger partial charge >= 0.3 is 6.18 Å². The van der Waals surface area contributed by atoms with Crippen LogP contribution in [0, 0.1) is 5.92 Å². The van der Waals surface area contributed by atoms with Crippen LogP contribution in [0.4, 0.5) is 18.9 Å². The van der Waals surface area contributed by atoms with E-state index >= 15 is 0 Å². The zero-order valence-corrected chi connectivity index (χ0v) is 10.8. The average Bonchev–Trinajstić information content (AvgIpc) is 2.83. The van der Waals surface area contributed by atoms with E-state index in [0.717, 1.165) is 0 Å². The third-order valence-corrected chi connectivity index (χ3v) is 4.01. The Labute approximate surface area is 114 Å². The SMILES string of the molecule is Nc1cccc2oc(C3CCC(C(F)(F)F)CC3)nc12. The Hall–Kier alpha value is -1.72. The van der Waals surface area contributed by atoms with Gasteiger partial charge in [-0.25, -0.2) is 4.98 Å². The molecule has 0 bridgehead atoms. The highest BCUT2D eigenvalue weighted by Gasteiger charge is 2.42. The number of alkyl halides is 3. The van der Waals surface area contributed by atoms with Crippen molar-refractivity contribution in [2.24, 2.45) is 5.92 Å². The fraction of sp³-hybridized carbons (Fsp3) is 0.500. The standard InChI is InChI=1S/C14H15F3N2O/c15-14(16,17)9-6-4-8(5-7-9)13-19-12-10(18)2-1-3-11(12)20-13/h1-3,8-9H,4-7,18H2. The largest absolute Gasteiger partial charge is 0.440 e. The van der Waals surface area contributed by atoms with E-state index in [0.29, 0.717) is 35.5 Å². The molecular formula is C14H15F3N2O. The van der Waals surface area contributed by atoms with E-state index in [-0.39, 0.29) is 18.8 Å². The molecule has 6 heteroatoms. The van der Waals surface area contributed by atoms with Gasteiger partial charge in [0.2, 0.25) is 0 Å². The molecule has 0 amide bonds. The van der Waals surface area contributed by atoms with Crippen LogP contribution in [0.25, 0.3) is 11.1 Å². The molecule has 0 spiro atoms. The first kappa shape index (κ1) is 13.3. The zero-order valence-electron chi connectivity index (χ0n) is 10.8. The highest BCUT2D eigenvalue weighted by atomic mass is 19.4. The van der Waals surface area contributed by atoms with E-state index in [1.54, 1.807) is 18.2 Å². The number of para-hydroxylation sites is 1. The fourth-order valence-electron chi connectivity index (χ4n) is 2.83. The normalized spacial score (nSPS) is 24.1. The smallest absolute Gasteiger partial charge is 0.391 e. The van der Waals surface area contributed by atoms with Gasteiger partial charge in [-0.15, -0.1) is 0 Å². The van der Waals surface area contributed by atoms with E-state index < -0.39 is 12.1 Å². The van der Waals surface area contributed by atoms with Gasteiger partial charge in [0, 0.05) is 5.92 Å². The number of nitrogens with zero attached hydrogens (tertiary/aromatic N) is 1. The van der Waals surface area contributed by atoms with Gasteiger partial charge in [-0.05, 0) is 37.8 Å². The number of hydrogen-bond acceptors (Lipinski definition) is 3. The second kappa shape index (κ2) is 4.68. The van der Waals surface area contributed by atoms with Gasteiger partial charge in [-0.1, -0.05) is 6.07 Å². The molecule has 3 nitrogen and oxygen atoms in total. The number of rotatable bonds is 1. The summed E-state index contributed by atoms with van der Waals surface area (Å²) >= 11 is 0. The maximum absolute atomic E-state index is 12.6. The average molecular weight is 284 g/mol. The minimum atomic E-state index is -4.09. The van der Waals surface area contributed by atoms with Gasteiger partial charge in [-0.2, -0.15) is 13.2 Å². The van der Waals surface area contributed by atoms with Crippen molar-refractivity contribution < 1.29 is 17.6 Å². The number of aromatic nitrogens is 1. The van der Waals surface area contributed by atoms with Crippen molar-refractivity contribution in [2.75, 3.05) is 5.73 Å². The van der Waals surface area contributed by atoms with Crippen molar-refractivity contribution in [3.05, 3.63) is 24.1 Å². The number of halogens is 3. The molecule has 1 saturated carbocycles. The summed E-state index contributed by atoms with van der Waals surface area (Å²) in [6, 6.07) is 5.27.